The summed E-state index contributed by atoms with van der Waals surface area (Å²) in [5.74, 6) is -2.43. The molecule has 2 heterocycles. The van der Waals surface area contributed by atoms with Crippen LogP contribution >= 0.6 is 11.3 Å². The van der Waals surface area contributed by atoms with Gasteiger partial charge < -0.3 is 4.74 Å². The van der Waals surface area contributed by atoms with Crippen molar-refractivity contribution < 1.29 is 19.1 Å². The molecule has 31 heavy (non-hydrogen) atoms. The molecule has 3 aromatic rings. The van der Waals surface area contributed by atoms with E-state index in [1.165, 1.54) is 20.9 Å². The molecule has 0 aliphatic rings. The van der Waals surface area contributed by atoms with Gasteiger partial charge in [0, 0.05) is 30.2 Å². The molecule has 1 amide bonds. The second-order valence-electron chi connectivity index (χ2n) is 6.75. The Hall–Kier alpha value is -3.59. The number of benzene rings is 1. The summed E-state index contributed by atoms with van der Waals surface area (Å²) >= 11 is 1.29. The first-order valence-corrected chi connectivity index (χ1v) is 10.3. The number of aromatic nitrogens is 3. The lowest BCUT2D eigenvalue weighted by Crippen LogP contribution is -2.35. The van der Waals surface area contributed by atoms with Gasteiger partial charge >= 0.3 is 5.97 Å². The van der Waals surface area contributed by atoms with E-state index >= 15 is 0 Å². The molecule has 0 saturated heterocycles. The second-order valence-corrected chi connectivity index (χ2v) is 7.59. The van der Waals surface area contributed by atoms with Gasteiger partial charge in [0.15, 0.2) is 11.7 Å². The molecule has 0 radical (unpaired) electrons. The van der Waals surface area contributed by atoms with E-state index < -0.39 is 24.3 Å². The number of thiazole rings is 1. The van der Waals surface area contributed by atoms with Crippen molar-refractivity contribution in [3.63, 3.8) is 0 Å². The Morgan fingerprint density at radius 3 is 2.55 bits per heavy atom. The van der Waals surface area contributed by atoms with Gasteiger partial charge in [-0.3, -0.25) is 19.2 Å². The highest BCUT2D eigenvalue weighted by Crippen LogP contribution is 2.27. The normalized spacial score (nSPS) is 10.5. The molecular weight excluding hydrogens is 416 g/mol. The number of aryl methyl sites for hydroxylation is 2. The molecule has 0 fully saturated rings. The fourth-order valence-electron chi connectivity index (χ4n) is 3.02. The third kappa shape index (κ3) is 4.77. The van der Waals surface area contributed by atoms with E-state index in [9.17, 15) is 14.4 Å². The van der Waals surface area contributed by atoms with Gasteiger partial charge in [-0.1, -0.05) is 36.4 Å². The molecular formula is C22H22N4O4S. The minimum absolute atomic E-state index is 0.187. The van der Waals surface area contributed by atoms with Crippen molar-refractivity contribution in [2.24, 2.45) is 7.05 Å². The van der Waals surface area contributed by atoms with E-state index in [0.29, 0.717) is 16.5 Å². The predicted molar refractivity (Wildman–Crippen MR) is 118 cm³/mol. The number of ketones is 1. The molecule has 0 saturated carbocycles. The van der Waals surface area contributed by atoms with Crippen molar-refractivity contribution in [1.29, 1.82) is 0 Å². The number of amides is 1. The van der Waals surface area contributed by atoms with Gasteiger partial charge in [-0.2, -0.15) is 5.10 Å². The fourth-order valence-corrected chi connectivity index (χ4v) is 3.88. The van der Waals surface area contributed by atoms with E-state index in [-0.39, 0.29) is 12.1 Å². The summed E-state index contributed by atoms with van der Waals surface area (Å²) in [6.45, 7) is 6.59. The molecule has 0 bridgehead atoms. The van der Waals surface area contributed by atoms with Crippen LogP contribution in [0.25, 0.3) is 11.3 Å². The lowest BCUT2D eigenvalue weighted by molar-refractivity contribution is -0.143. The average molecular weight is 439 g/mol. The molecule has 1 aromatic carbocycles. The highest BCUT2D eigenvalue weighted by atomic mass is 32.1. The standard InChI is InChI=1S/C22H22N4O4S/c1-5-11-26(22-23-17(13-31-22)16-9-7-6-8-10-16)18(27)12-30-21(29)20(28)19-14(2)24-25(4)15(19)3/h5-10,13H,1,11-12H2,2-4H3. The molecule has 9 heteroatoms. The number of carbonyl (C=O) groups is 3. The van der Waals surface area contributed by atoms with Crippen LogP contribution in [0.15, 0.2) is 48.4 Å². The summed E-state index contributed by atoms with van der Waals surface area (Å²) in [7, 11) is 1.68. The molecule has 0 unspecified atom stereocenters. The molecule has 160 valence electrons. The van der Waals surface area contributed by atoms with Crippen LogP contribution in [-0.4, -0.2) is 45.6 Å². The van der Waals surface area contributed by atoms with Crippen molar-refractivity contribution in [3.8, 4) is 11.3 Å². The lowest BCUT2D eigenvalue weighted by Gasteiger charge is -2.17. The molecule has 0 aliphatic carbocycles. The van der Waals surface area contributed by atoms with Gasteiger partial charge in [-0.05, 0) is 13.8 Å². The number of hydrogen-bond acceptors (Lipinski definition) is 7. The summed E-state index contributed by atoms with van der Waals surface area (Å²) in [4.78, 5) is 43.3. The monoisotopic (exact) mass is 438 g/mol. The van der Waals surface area contributed by atoms with Gasteiger partial charge in [0.05, 0.1) is 17.0 Å². The first-order chi connectivity index (χ1) is 14.8. The van der Waals surface area contributed by atoms with Crippen LogP contribution in [0.3, 0.4) is 0 Å². The van der Waals surface area contributed by atoms with Crippen LogP contribution in [-0.2, 0) is 21.4 Å². The topological polar surface area (TPSA) is 94.4 Å². The third-order valence-corrected chi connectivity index (χ3v) is 5.52. The van der Waals surface area contributed by atoms with Crippen LogP contribution in [0.2, 0.25) is 0 Å². The Morgan fingerprint density at radius 2 is 1.94 bits per heavy atom. The van der Waals surface area contributed by atoms with Crippen LogP contribution in [0, 0.1) is 13.8 Å². The SMILES string of the molecule is C=CCN(C(=O)COC(=O)C(=O)c1c(C)nn(C)c1C)c1nc(-c2ccccc2)cs1. The Bertz CT molecular complexity index is 1130. The third-order valence-electron chi connectivity index (χ3n) is 4.65. The fraction of sp³-hybridized carbons (Fsp3) is 0.227. The number of hydrogen-bond donors (Lipinski definition) is 0. The zero-order valence-electron chi connectivity index (χ0n) is 17.5. The maximum Gasteiger partial charge on any atom is 0.380 e. The number of ether oxygens (including phenoxy) is 1. The highest BCUT2D eigenvalue weighted by Gasteiger charge is 2.27. The highest BCUT2D eigenvalue weighted by molar-refractivity contribution is 7.14. The summed E-state index contributed by atoms with van der Waals surface area (Å²) in [5, 5.41) is 6.42. The Balaban J connectivity index is 1.70. The quantitative estimate of drug-likeness (QED) is 0.232. The number of rotatable bonds is 8. The largest absolute Gasteiger partial charge is 0.450 e. The number of carbonyl (C=O) groups excluding carboxylic acids is 3. The maximum absolute atomic E-state index is 12.7. The smallest absolute Gasteiger partial charge is 0.380 e. The van der Waals surface area contributed by atoms with E-state index in [4.69, 9.17) is 4.74 Å². The summed E-state index contributed by atoms with van der Waals surface area (Å²) in [5.41, 5.74) is 2.83. The van der Waals surface area contributed by atoms with Gasteiger partial charge in [0.1, 0.15) is 0 Å². The first-order valence-electron chi connectivity index (χ1n) is 9.47. The second kappa shape index (κ2) is 9.48. The van der Waals surface area contributed by atoms with Crippen LogP contribution in [0.1, 0.15) is 21.7 Å². The number of anilines is 1. The Kier molecular flexibility index (Phi) is 6.76. The maximum atomic E-state index is 12.7. The van der Waals surface area contributed by atoms with Crippen LogP contribution in [0.4, 0.5) is 5.13 Å². The van der Waals surface area contributed by atoms with Gasteiger partial charge in [0.25, 0.3) is 11.7 Å². The lowest BCUT2D eigenvalue weighted by atomic mass is 10.1. The number of esters is 1. The van der Waals surface area contributed by atoms with Crippen molar-refractivity contribution in [2.45, 2.75) is 13.8 Å². The molecule has 2 aromatic heterocycles. The zero-order chi connectivity index (χ0) is 22.5. The van der Waals surface area contributed by atoms with E-state index in [1.807, 2.05) is 35.7 Å². The average Bonchev–Trinajstić information content (AvgIpc) is 3.34. The van der Waals surface area contributed by atoms with Crippen LogP contribution < -0.4 is 4.90 Å². The summed E-state index contributed by atoms with van der Waals surface area (Å²) in [6.07, 6.45) is 1.55. The molecule has 0 spiro atoms. The molecule has 0 aliphatic heterocycles. The number of Topliss-reactive ketones (excluding diaryl/α,β-unsaturated/α-hetero) is 1. The van der Waals surface area contributed by atoms with Crippen molar-refractivity contribution in [1.82, 2.24) is 14.8 Å². The van der Waals surface area contributed by atoms with Gasteiger partial charge in [-0.15, -0.1) is 17.9 Å². The van der Waals surface area contributed by atoms with Gasteiger partial charge in [-0.25, -0.2) is 9.78 Å². The Morgan fingerprint density at radius 1 is 1.23 bits per heavy atom. The van der Waals surface area contributed by atoms with Gasteiger partial charge in [0.2, 0.25) is 0 Å². The minimum atomic E-state index is -1.10. The predicted octanol–water partition coefficient (Wildman–Crippen LogP) is 3.11. The molecule has 0 N–H and O–H groups in total. The van der Waals surface area contributed by atoms with Crippen molar-refractivity contribution >= 4 is 34.1 Å². The zero-order valence-corrected chi connectivity index (χ0v) is 18.3. The van der Waals surface area contributed by atoms with E-state index in [0.717, 1.165) is 11.3 Å². The van der Waals surface area contributed by atoms with E-state index in [2.05, 4.69) is 16.7 Å². The summed E-state index contributed by atoms with van der Waals surface area (Å²) < 4.78 is 6.52. The molecule has 0 atom stereocenters. The number of nitrogens with zero attached hydrogens (tertiary/aromatic N) is 4. The van der Waals surface area contributed by atoms with Crippen LogP contribution in [0.5, 0.6) is 0 Å². The minimum Gasteiger partial charge on any atom is -0.450 e. The van der Waals surface area contributed by atoms with Crippen molar-refractivity contribution in [2.75, 3.05) is 18.1 Å². The Labute approximate surface area is 183 Å². The van der Waals surface area contributed by atoms with E-state index in [1.54, 1.807) is 27.0 Å². The summed E-state index contributed by atoms with van der Waals surface area (Å²) in [6, 6.07) is 9.57. The molecule has 3 rings (SSSR count). The van der Waals surface area contributed by atoms with Crippen molar-refractivity contribution in [3.05, 3.63) is 65.3 Å². The molecule has 8 nitrogen and oxygen atoms in total. The first kappa shape index (κ1) is 22.1.